The van der Waals surface area contributed by atoms with Crippen molar-refractivity contribution < 1.29 is 19.1 Å². The number of aryl methyl sites for hydroxylation is 1. The smallest absolute Gasteiger partial charge is 0.266 e. The van der Waals surface area contributed by atoms with Crippen LogP contribution < -0.4 is 14.8 Å². The summed E-state index contributed by atoms with van der Waals surface area (Å²) in [4.78, 5) is 26.9. The van der Waals surface area contributed by atoms with Crippen molar-refractivity contribution in [1.82, 2.24) is 4.90 Å². The van der Waals surface area contributed by atoms with Crippen LogP contribution in [0.5, 0.6) is 11.5 Å². The predicted molar refractivity (Wildman–Crippen MR) is 137 cm³/mol. The van der Waals surface area contributed by atoms with Crippen LogP contribution in [0.2, 0.25) is 5.02 Å². The van der Waals surface area contributed by atoms with Gasteiger partial charge in [0, 0.05) is 17.3 Å². The zero-order valence-electron chi connectivity index (χ0n) is 17.5. The molecule has 1 fully saturated rings. The van der Waals surface area contributed by atoms with Gasteiger partial charge in [-0.25, -0.2) is 0 Å². The number of rotatable bonds is 7. The van der Waals surface area contributed by atoms with E-state index in [2.05, 4.69) is 21.2 Å². The number of carbonyl (C=O) groups excluding carboxylic acids is 2. The van der Waals surface area contributed by atoms with E-state index >= 15 is 0 Å². The highest BCUT2D eigenvalue weighted by atomic mass is 79.9. The van der Waals surface area contributed by atoms with Gasteiger partial charge in [0.1, 0.15) is 4.32 Å². The Morgan fingerprint density at radius 1 is 1.34 bits per heavy atom. The summed E-state index contributed by atoms with van der Waals surface area (Å²) in [6.07, 6.45) is 1.75. The fourth-order valence-electron chi connectivity index (χ4n) is 2.94. The summed E-state index contributed by atoms with van der Waals surface area (Å²) in [6, 6.07) is 8.78. The number of anilines is 1. The third-order valence-corrected chi connectivity index (χ3v) is 6.76. The molecular weight excluding hydrogens is 536 g/mol. The highest BCUT2D eigenvalue weighted by molar-refractivity contribution is 9.10. The molecule has 0 aromatic heterocycles. The zero-order chi connectivity index (χ0) is 23.4. The Morgan fingerprint density at radius 2 is 2.09 bits per heavy atom. The monoisotopic (exact) mass is 554 g/mol. The molecule has 1 aliphatic heterocycles. The SMILES string of the molecule is CCN1C(=O)/C(=C/c2cc(Br)c(OCC(=O)Nc3cc(Cl)ccc3C)c(OC)c2)SC1=S. The van der Waals surface area contributed by atoms with E-state index in [0.29, 0.717) is 42.5 Å². The van der Waals surface area contributed by atoms with E-state index in [1.54, 1.807) is 35.2 Å². The number of likely N-dealkylation sites (N-methyl/N-ethyl adjacent to an activating group) is 1. The lowest BCUT2D eigenvalue weighted by Gasteiger charge is -2.14. The topological polar surface area (TPSA) is 67.9 Å². The number of benzene rings is 2. The number of nitrogens with one attached hydrogen (secondary N) is 1. The standard InChI is InChI=1S/C22H20BrClN2O4S2/c1-4-26-21(28)18(32-22(26)31)9-13-7-15(23)20(17(8-13)29-3)30-11-19(27)25-16-10-14(24)6-5-12(16)2/h5-10H,4,11H2,1-3H3,(H,25,27)/b18-9-. The van der Waals surface area contributed by atoms with Gasteiger partial charge in [-0.2, -0.15) is 0 Å². The number of thioether (sulfide) groups is 1. The molecule has 0 aliphatic carbocycles. The van der Waals surface area contributed by atoms with Crippen LogP contribution in [-0.2, 0) is 9.59 Å². The third-order valence-electron chi connectivity index (χ3n) is 4.56. The maximum absolute atomic E-state index is 12.5. The molecule has 1 aliphatic rings. The van der Waals surface area contributed by atoms with E-state index in [9.17, 15) is 9.59 Å². The van der Waals surface area contributed by atoms with Gasteiger partial charge in [-0.3, -0.25) is 14.5 Å². The van der Waals surface area contributed by atoms with Gasteiger partial charge in [0.2, 0.25) is 0 Å². The molecule has 32 heavy (non-hydrogen) atoms. The first-order valence-electron chi connectivity index (χ1n) is 9.55. The fraction of sp³-hybridized carbons (Fsp3) is 0.227. The summed E-state index contributed by atoms with van der Waals surface area (Å²) in [7, 11) is 1.50. The van der Waals surface area contributed by atoms with Crippen molar-refractivity contribution in [2.45, 2.75) is 13.8 Å². The fourth-order valence-corrected chi connectivity index (χ4v) is 5.07. The van der Waals surface area contributed by atoms with Crippen LogP contribution in [0.4, 0.5) is 5.69 Å². The van der Waals surface area contributed by atoms with Gasteiger partial charge < -0.3 is 14.8 Å². The molecule has 0 unspecified atom stereocenters. The van der Waals surface area contributed by atoms with Crippen molar-refractivity contribution in [1.29, 1.82) is 0 Å². The van der Waals surface area contributed by atoms with Gasteiger partial charge in [-0.05, 0) is 71.2 Å². The lowest BCUT2D eigenvalue weighted by atomic mass is 10.2. The molecule has 6 nitrogen and oxygen atoms in total. The van der Waals surface area contributed by atoms with Gasteiger partial charge in [0.15, 0.2) is 18.1 Å². The molecule has 168 valence electrons. The molecule has 0 atom stereocenters. The minimum Gasteiger partial charge on any atom is -0.493 e. The summed E-state index contributed by atoms with van der Waals surface area (Å²) < 4.78 is 12.3. The maximum atomic E-state index is 12.5. The van der Waals surface area contributed by atoms with Gasteiger partial charge in [0.25, 0.3) is 11.8 Å². The zero-order valence-corrected chi connectivity index (χ0v) is 21.5. The molecule has 0 radical (unpaired) electrons. The molecule has 1 N–H and O–H groups in total. The Balaban J connectivity index is 1.75. The van der Waals surface area contributed by atoms with E-state index in [1.807, 2.05) is 19.9 Å². The first-order valence-corrected chi connectivity index (χ1v) is 11.9. The van der Waals surface area contributed by atoms with Crippen LogP contribution in [0.1, 0.15) is 18.1 Å². The second-order valence-corrected chi connectivity index (χ2v) is 9.72. The van der Waals surface area contributed by atoms with Gasteiger partial charge in [-0.15, -0.1) is 0 Å². The average Bonchev–Trinajstić information content (AvgIpc) is 3.01. The lowest BCUT2D eigenvalue weighted by molar-refractivity contribution is -0.122. The summed E-state index contributed by atoms with van der Waals surface area (Å²) in [5.74, 6) is 0.342. The molecule has 2 aromatic carbocycles. The van der Waals surface area contributed by atoms with Crippen molar-refractivity contribution in [2.75, 3.05) is 25.6 Å². The van der Waals surface area contributed by atoms with Crippen LogP contribution in [0.15, 0.2) is 39.7 Å². The molecule has 0 spiro atoms. The summed E-state index contributed by atoms with van der Waals surface area (Å²) in [5, 5.41) is 3.32. The molecule has 10 heteroatoms. The van der Waals surface area contributed by atoms with Crippen molar-refractivity contribution in [3.63, 3.8) is 0 Å². The molecular formula is C22H20BrClN2O4S2. The molecule has 1 heterocycles. The highest BCUT2D eigenvalue weighted by Gasteiger charge is 2.30. The molecule has 2 amide bonds. The number of hydrogen-bond acceptors (Lipinski definition) is 6. The van der Waals surface area contributed by atoms with E-state index in [0.717, 1.165) is 11.1 Å². The quantitative estimate of drug-likeness (QED) is 0.351. The first kappa shape index (κ1) is 24.6. The average molecular weight is 556 g/mol. The molecule has 0 bridgehead atoms. The second kappa shape index (κ2) is 10.7. The van der Waals surface area contributed by atoms with E-state index in [1.165, 1.54) is 18.9 Å². The number of ether oxygens (including phenoxy) is 2. The Labute approximate surface area is 209 Å². The van der Waals surface area contributed by atoms with Crippen molar-refractivity contribution in [3.05, 3.63) is 55.9 Å². The Morgan fingerprint density at radius 3 is 2.75 bits per heavy atom. The van der Waals surface area contributed by atoms with Crippen LogP contribution in [0.25, 0.3) is 6.08 Å². The number of thiocarbonyl (C=S) groups is 1. The van der Waals surface area contributed by atoms with Crippen LogP contribution in [0.3, 0.4) is 0 Å². The van der Waals surface area contributed by atoms with E-state index in [4.69, 9.17) is 33.3 Å². The highest BCUT2D eigenvalue weighted by Crippen LogP contribution is 2.39. The number of nitrogens with zero attached hydrogens (tertiary/aromatic N) is 1. The van der Waals surface area contributed by atoms with E-state index in [-0.39, 0.29) is 18.4 Å². The van der Waals surface area contributed by atoms with Crippen molar-refractivity contribution >= 4 is 79.4 Å². The van der Waals surface area contributed by atoms with Gasteiger partial charge in [0.05, 0.1) is 16.5 Å². The Hall–Kier alpha value is -2.07. The molecule has 1 saturated heterocycles. The van der Waals surface area contributed by atoms with Gasteiger partial charge >= 0.3 is 0 Å². The molecule has 0 saturated carbocycles. The number of amides is 2. The normalized spacial score (nSPS) is 14.8. The van der Waals surface area contributed by atoms with Crippen LogP contribution >= 0.6 is 51.5 Å². The van der Waals surface area contributed by atoms with Gasteiger partial charge in [-0.1, -0.05) is 41.6 Å². The number of halogens is 2. The molecule has 2 aromatic rings. The summed E-state index contributed by atoms with van der Waals surface area (Å²) in [6.45, 7) is 4.05. The first-order chi connectivity index (χ1) is 15.2. The Kier molecular flexibility index (Phi) is 8.21. The number of methoxy groups -OCH3 is 1. The summed E-state index contributed by atoms with van der Waals surface area (Å²) in [5.41, 5.74) is 2.24. The second-order valence-electron chi connectivity index (χ2n) is 6.76. The van der Waals surface area contributed by atoms with Crippen molar-refractivity contribution in [3.8, 4) is 11.5 Å². The molecule has 3 rings (SSSR count). The number of carbonyl (C=O) groups is 2. The third kappa shape index (κ3) is 5.64. The van der Waals surface area contributed by atoms with Crippen LogP contribution in [0, 0.1) is 6.92 Å². The lowest BCUT2D eigenvalue weighted by Crippen LogP contribution is -2.27. The van der Waals surface area contributed by atoms with E-state index < -0.39 is 0 Å². The minimum absolute atomic E-state index is 0.120. The largest absolute Gasteiger partial charge is 0.493 e. The summed E-state index contributed by atoms with van der Waals surface area (Å²) >= 11 is 16.0. The number of hydrogen-bond donors (Lipinski definition) is 1. The Bertz CT molecular complexity index is 1120. The van der Waals surface area contributed by atoms with Crippen molar-refractivity contribution in [2.24, 2.45) is 0 Å². The van der Waals surface area contributed by atoms with Crippen LogP contribution in [-0.4, -0.2) is 41.3 Å². The minimum atomic E-state index is -0.336. The maximum Gasteiger partial charge on any atom is 0.266 e. The predicted octanol–water partition coefficient (Wildman–Crippen LogP) is 5.66.